The van der Waals surface area contributed by atoms with Gasteiger partial charge in [-0.2, -0.15) is 0 Å². The maximum absolute atomic E-state index is 13.7. The molecule has 0 saturated heterocycles. The van der Waals surface area contributed by atoms with E-state index in [4.69, 9.17) is 4.98 Å². The lowest BCUT2D eigenvalue weighted by Crippen LogP contribution is -2.35. The number of anilines is 1. The van der Waals surface area contributed by atoms with Crippen LogP contribution < -0.4 is 10.5 Å². The second-order valence-corrected chi connectivity index (χ2v) is 9.50. The van der Waals surface area contributed by atoms with Crippen molar-refractivity contribution in [2.75, 3.05) is 10.7 Å². The number of thioether (sulfide) groups is 1. The van der Waals surface area contributed by atoms with E-state index in [-0.39, 0.29) is 23.9 Å². The molecule has 1 aliphatic heterocycles. The lowest BCUT2D eigenvalue weighted by molar-refractivity contribution is -0.119. The molecule has 3 aromatic heterocycles. The van der Waals surface area contributed by atoms with E-state index in [9.17, 15) is 9.59 Å². The van der Waals surface area contributed by atoms with E-state index in [1.54, 1.807) is 21.2 Å². The Morgan fingerprint density at radius 3 is 2.85 bits per heavy atom. The molecule has 0 bridgehead atoms. The minimum absolute atomic E-state index is 0.0158. The summed E-state index contributed by atoms with van der Waals surface area (Å²) in [5.41, 5.74) is 4.44. The highest BCUT2D eigenvalue weighted by Crippen LogP contribution is 2.35. The van der Waals surface area contributed by atoms with Crippen LogP contribution in [0.25, 0.3) is 5.65 Å². The lowest BCUT2D eigenvalue weighted by Gasteiger charge is -2.24. The molecule has 8 heteroatoms. The molecule has 2 aliphatic rings. The number of nitrogens with zero attached hydrogens (tertiary/aromatic N) is 5. The van der Waals surface area contributed by atoms with Crippen molar-refractivity contribution in [2.24, 2.45) is 0 Å². The van der Waals surface area contributed by atoms with E-state index in [2.05, 4.69) is 4.98 Å². The second kappa shape index (κ2) is 8.19. The Morgan fingerprint density at radius 1 is 1.12 bits per heavy atom. The van der Waals surface area contributed by atoms with E-state index in [0.29, 0.717) is 12.3 Å². The summed E-state index contributed by atoms with van der Waals surface area (Å²) in [6.45, 7) is 0.401. The zero-order chi connectivity index (χ0) is 22.4. The molecule has 0 N–H and O–H groups in total. The molecular weight excluding hydrogens is 434 g/mol. The summed E-state index contributed by atoms with van der Waals surface area (Å²) >= 11 is 1.58. The molecule has 1 aromatic carbocycles. The van der Waals surface area contributed by atoms with Crippen molar-refractivity contribution < 1.29 is 4.79 Å². The molecule has 4 aromatic rings. The average Bonchev–Trinajstić information content (AvgIpc) is 3.57. The van der Waals surface area contributed by atoms with Crippen LogP contribution in [0, 0.1) is 0 Å². The van der Waals surface area contributed by atoms with Gasteiger partial charge < -0.3 is 9.30 Å². The van der Waals surface area contributed by atoms with Gasteiger partial charge in [-0.1, -0.05) is 36.0 Å². The molecule has 7 nitrogen and oxygen atoms in total. The molecule has 6 rings (SSSR count). The Balaban J connectivity index is 1.32. The van der Waals surface area contributed by atoms with Crippen LogP contribution in [0.2, 0.25) is 0 Å². The molecule has 1 amide bonds. The number of para-hydroxylation sites is 1. The smallest absolute Gasteiger partial charge is 0.257 e. The van der Waals surface area contributed by atoms with E-state index >= 15 is 0 Å². The van der Waals surface area contributed by atoms with Crippen molar-refractivity contribution in [3.05, 3.63) is 88.2 Å². The van der Waals surface area contributed by atoms with Gasteiger partial charge in [0.05, 0.1) is 30.2 Å². The minimum atomic E-state index is -0.184. The van der Waals surface area contributed by atoms with Crippen LogP contribution in [0.5, 0.6) is 0 Å². The number of rotatable bonds is 5. The van der Waals surface area contributed by atoms with Crippen molar-refractivity contribution in [3.63, 3.8) is 0 Å². The van der Waals surface area contributed by atoms with Crippen LogP contribution in [0.15, 0.2) is 70.9 Å². The Hall–Kier alpha value is -3.39. The van der Waals surface area contributed by atoms with Gasteiger partial charge in [-0.25, -0.2) is 9.97 Å². The van der Waals surface area contributed by atoms with Crippen molar-refractivity contribution >= 4 is 29.0 Å². The predicted molar refractivity (Wildman–Crippen MR) is 128 cm³/mol. The van der Waals surface area contributed by atoms with Gasteiger partial charge in [-0.3, -0.25) is 14.2 Å². The van der Waals surface area contributed by atoms with Crippen LogP contribution in [0.4, 0.5) is 5.69 Å². The molecule has 4 heterocycles. The third-order valence-corrected chi connectivity index (χ3v) is 7.56. The van der Waals surface area contributed by atoms with Gasteiger partial charge in [0, 0.05) is 29.6 Å². The third kappa shape index (κ3) is 3.54. The normalized spacial score (nSPS) is 16.7. The van der Waals surface area contributed by atoms with E-state index in [0.717, 1.165) is 52.7 Å². The molecule has 33 heavy (non-hydrogen) atoms. The molecular formula is C25H23N5O2S. The number of benzene rings is 1. The first-order chi connectivity index (χ1) is 16.2. The van der Waals surface area contributed by atoms with Crippen LogP contribution in [0.3, 0.4) is 0 Å². The highest BCUT2D eigenvalue weighted by molar-refractivity contribution is 7.99. The minimum Gasteiger partial charge on any atom is -0.306 e. The SMILES string of the molecule is O=C(CC1CSc2nc3c(c(=O)n21)CCC3)N(Cc1cnc2ccccn12)c1ccccc1. The molecule has 0 spiro atoms. The van der Waals surface area contributed by atoms with Gasteiger partial charge in [0.1, 0.15) is 5.65 Å². The molecule has 166 valence electrons. The quantitative estimate of drug-likeness (QED) is 0.428. The maximum atomic E-state index is 13.7. The van der Waals surface area contributed by atoms with Gasteiger partial charge in [0.25, 0.3) is 5.56 Å². The topological polar surface area (TPSA) is 72.5 Å². The fourth-order valence-corrected chi connectivity index (χ4v) is 5.96. The molecule has 0 saturated carbocycles. The zero-order valence-corrected chi connectivity index (χ0v) is 18.9. The predicted octanol–water partition coefficient (Wildman–Crippen LogP) is 3.65. The largest absolute Gasteiger partial charge is 0.306 e. The first kappa shape index (κ1) is 20.2. The number of imidazole rings is 1. The average molecular weight is 458 g/mol. The summed E-state index contributed by atoms with van der Waals surface area (Å²) in [6.07, 6.45) is 6.68. The summed E-state index contributed by atoms with van der Waals surface area (Å²) < 4.78 is 3.77. The number of carbonyl (C=O) groups excluding carboxylic acids is 1. The van der Waals surface area contributed by atoms with Crippen LogP contribution in [-0.2, 0) is 24.2 Å². The van der Waals surface area contributed by atoms with E-state index < -0.39 is 0 Å². The third-order valence-electron chi connectivity index (χ3n) is 6.47. The maximum Gasteiger partial charge on any atom is 0.257 e. The van der Waals surface area contributed by atoms with Gasteiger partial charge in [0.2, 0.25) is 5.91 Å². The Labute approximate surface area is 195 Å². The standard InChI is InChI=1S/C25H23N5O2S/c31-23(13-18-16-33-25-27-21-10-6-9-20(21)24(32)30(18)25)29(17-7-2-1-3-8-17)15-19-14-26-22-11-4-5-12-28(19)22/h1-5,7-8,11-12,14,18H,6,9-10,13,15-16H2. The highest BCUT2D eigenvalue weighted by Gasteiger charge is 2.32. The molecule has 0 radical (unpaired) electrons. The van der Waals surface area contributed by atoms with Crippen LogP contribution in [0.1, 0.15) is 35.8 Å². The second-order valence-electron chi connectivity index (χ2n) is 8.51. The van der Waals surface area contributed by atoms with Crippen molar-refractivity contribution in [3.8, 4) is 0 Å². The molecule has 1 aliphatic carbocycles. The van der Waals surface area contributed by atoms with Crippen molar-refractivity contribution in [1.82, 2.24) is 18.9 Å². The van der Waals surface area contributed by atoms with Crippen molar-refractivity contribution in [1.29, 1.82) is 0 Å². The number of aromatic nitrogens is 4. The summed E-state index contributed by atoms with van der Waals surface area (Å²) in [4.78, 5) is 37.8. The Morgan fingerprint density at radius 2 is 1.97 bits per heavy atom. The van der Waals surface area contributed by atoms with Gasteiger partial charge in [-0.15, -0.1) is 0 Å². The first-order valence-electron chi connectivity index (χ1n) is 11.2. The number of hydrogen-bond donors (Lipinski definition) is 0. The van der Waals surface area contributed by atoms with Gasteiger partial charge in [0.15, 0.2) is 5.16 Å². The number of aryl methyl sites for hydroxylation is 1. The van der Waals surface area contributed by atoms with Gasteiger partial charge >= 0.3 is 0 Å². The molecule has 1 atom stereocenters. The van der Waals surface area contributed by atoms with Gasteiger partial charge in [-0.05, 0) is 43.5 Å². The summed E-state index contributed by atoms with van der Waals surface area (Å²) in [5, 5.41) is 0.756. The van der Waals surface area contributed by atoms with Crippen LogP contribution in [-0.4, -0.2) is 30.6 Å². The summed E-state index contributed by atoms with van der Waals surface area (Å²) in [5.74, 6) is 0.674. The Kier molecular flexibility index (Phi) is 5.02. The lowest BCUT2D eigenvalue weighted by atomic mass is 10.1. The monoisotopic (exact) mass is 457 g/mol. The summed E-state index contributed by atoms with van der Waals surface area (Å²) in [6, 6.07) is 15.4. The van der Waals surface area contributed by atoms with E-state index in [1.807, 2.05) is 65.3 Å². The summed E-state index contributed by atoms with van der Waals surface area (Å²) in [7, 11) is 0. The van der Waals surface area contributed by atoms with Crippen molar-refractivity contribution in [2.45, 2.75) is 43.4 Å². The van der Waals surface area contributed by atoms with Crippen LogP contribution >= 0.6 is 11.8 Å². The Bertz CT molecular complexity index is 1410. The number of amides is 1. The van der Waals surface area contributed by atoms with E-state index in [1.165, 1.54) is 0 Å². The highest BCUT2D eigenvalue weighted by atomic mass is 32.2. The number of pyridine rings is 1. The fraction of sp³-hybridized carbons (Fsp3) is 0.280. The molecule has 1 unspecified atom stereocenters. The fourth-order valence-electron chi connectivity index (χ4n) is 4.81. The first-order valence-corrected chi connectivity index (χ1v) is 12.2. The zero-order valence-electron chi connectivity index (χ0n) is 18.1. The number of fused-ring (bicyclic) bond motifs is 3. The number of carbonyl (C=O) groups is 1. The number of hydrogen-bond acceptors (Lipinski definition) is 5. The molecule has 0 fully saturated rings.